The molecule has 2 aromatic rings. The van der Waals surface area contributed by atoms with E-state index in [-0.39, 0.29) is 18.4 Å². The number of aryl methyl sites for hydroxylation is 1. The van der Waals surface area contributed by atoms with Gasteiger partial charge in [0.15, 0.2) is 0 Å². The van der Waals surface area contributed by atoms with Crippen molar-refractivity contribution in [1.82, 2.24) is 0 Å². The Morgan fingerprint density at radius 1 is 1.25 bits per heavy atom. The van der Waals surface area contributed by atoms with Crippen LogP contribution >= 0.6 is 15.9 Å². The molecule has 0 radical (unpaired) electrons. The molecule has 0 spiro atoms. The number of carbonyl (C=O) groups is 2. The van der Waals surface area contributed by atoms with E-state index < -0.39 is 0 Å². The lowest BCUT2D eigenvalue weighted by Gasteiger charge is -2.21. The SMILES string of the molecule is CC(=O)N(CC(=O)Nc1ccccc1C#N)c1ccc(Br)c(C)c1. The van der Waals surface area contributed by atoms with Crippen molar-refractivity contribution in [1.29, 1.82) is 5.26 Å². The molecule has 1 N–H and O–H groups in total. The first kappa shape index (κ1) is 17.7. The Morgan fingerprint density at radius 3 is 2.58 bits per heavy atom. The molecule has 0 aliphatic carbocycles. The van der Waals surface area contributed by atoms with Crippen LogP contribution in [-0.2, 0) is 9.59 Å². The van der Waals surface area contributed by atoms with Gasteiger partial charge in [-0.15, -0.1) is 0 Å². The molecule has 0 saturated heterocycles. The van der Waals surface area contributed by atoms with E-state index in [4.69, 9.17) is 5.26 Å². The van der Waals surface area contributed by atoms with Crippen LogP contribution in [0.4, 0.5) is 11.4 Å². The second kappa shape index (κ2) is 7.75. The Morgan fingerprint density at radius 2 is 1.96 bits per heavy atom. The van der Waals surface area contributed by atoms with Crippen molar-refractivity contribution in [3.63, 3.8) is 0 Å². The number of benzene rings is 2. The fourth-order valence-corrected chi connectivity index (χ4v) is 2.45. The van der Waals surface area contributed by atoms with Gasteiger partial charge < -0.3 is 10.2 Å². The van der Waals surface area contributed by atoms with Gasteiger partial charge in [0.25, 0.3) is 0 Å². The minimum Gasteiger partial charge on any atom is -0.323 e. The molecule has 2 rings (SSSR count). The van der Waals surface area contributed by atoms with Crippen LogP contribution in [0.15, 0.2) is 46.9 Å². The van der Waals surface area contributed by atoms with Crippen LogP contribution in [0.1, 0.15) is 18.1 Å². The third-order valence-electron chi connectivity index (χ3n) is 3.46. The van der Waals surface area contributed by atoms with Crippen molar-refractivity contribution in [2.45, 2.75) is 13.8 Å². The largest absolute Gasteiger partial charge is 0.323 e. The molecular formula is C18H16BrN3O2. The third-order valence-corrected chi connectivity index (χ3v) is 4.35. The number of amides is 2. The minimum absolute atomic E-state index is 0.129. The van der Waals surface area contributed by atoms with Crippen LogP contribution in [-0.4, -0.2) is 18.4 Å². The average molecular weight is 386 g/mol. The third kappa shape index (κ3) is 4.21. The van der Waals surface area contributed by atoms with Crippen molar-refractivity contribution in [3.8, 4) is 6.07 Å². The molecule has 0 aliphatic rings. The van der Waals surface area contributed by atoms with Crippen molar-refractivity contribution < 1.29 is 9.59 Å². The van der Waals surface area contributed by atoms with Gasteiger partial charge in [-0.05, 0) is 42.8 Å². The maximum Gasteiger partial charge on any atom is 0.244 e. The van der Waals surface area contributed by atoms with Crippen LogP contribution in [0, 0.1) is 18.3 Å². The summed E-state index contributed by atoms with van der Waals surface area (Å²) >= 11 is 3.41. The number of hydrogen-bond acceptors (Lipinski definition) is 3. The molecule has 122 valence electrons. The summed E-state index contributed by atoms with van der Waals surface area (Å²) in [5, 5.41) is 11.7. The van der Waals surface area contributed by atoms with Gasteiger partial charge in [-0.1, -0.05) is 28.1 Å². The molecule has 2 amide bonds. The Bertz CT molecular complexity index is 827. The van der Waals surface area contributed by atoms with Crippen LogP contribution < -0.4 is 10.2 Å². The Hall–Kier alpha value is -2.65. The predicted octanol–water partition coefficient (Wildman–Crippen LogP) is 3.62. The zero-order chi connectivity index (χ0) is 17.7. The van der Waals surface area contributed by atoms with Gasteiger partial charge >= 0.3 is 0 Å². The number of nitriles is 1. The fraction of sp³-hybridized carbons (Fsp3) is 0.167. The van der Waals surface area contributed by atoms with E-state index in [0.29, 0.717) is 16.9 Å². The Balaban J connectivity index is 2.19. The molecule has 0 atom stereocenters. The molecule has 6 heteroatoms. The summed E-state index contributed by atoms with van der Waals surface area (Å²) in [7, 11) is 0. The van der Waals surface area contributed by atoms with E-state index in [9.17, 15) is 9.59 Å². The van der Waals surface area contributed by atoms with E-state index in [2.05, 4.69) is 21.2 Å². The molecule has 0 heterocycles. The normalized spacial score (nSPS) is 9.92. The maximum absolute atomic E-state index is 12.3. The second-order valence-electron chi connectivity index (χ2n) is 5.24. The number of halogens is 1. The number of carbonyl (C=O) groups excluding carboxylic acids is 2. The van der Waals surface area contributed by atoms with Crippen molar-refractivity contribution >= 4 is 39.1 Å². The van der Waals surface area contributed by atoms with Crippen LogP contribution in [0.25, 0.3) is 0 Å². The van der Waals surface area contributed by atoms with Gasteiger partial charge in [0.2, 0.25) is 11.8 Å². The van der Waals surface area contributed by atoms with Crippen molar-refractivity contribution in [2.24, 2.45) is 0 Å². The highest BCUT2D eigenvalue weighted by molar-refractivity contribution is 9.10. The molecule has 0 saturated carbocycles. The van der Waals surface area contributed by atoms with Gasteiger partial charge in [0, 0.05) is 17.1 Å². The lowest BCUT2D eigenvalue weighted by molar-refractivity contribution is -0.120. The quantitative estimate of drug-likeness (QED) is 0.872. The summed E-state index contributed by atoms with van der Waals surface area (Å²) in [5.41, 5.74) is 2.42. The number of rotatable bonds is 4. The Labute approximate surface area is 149 Å². The van der Waals surface area contributed by atoms with Crippen LogP contribution in [0.3, 0.4) is 0 Å². The summed E-state index contributed by atoms with van der Waals surface area (Å²) in [4.78, 5) is 25.6. The lowest BCUT2D eigenvalue weighted by Crippen LogP contribution is -2.36. The van der Waals surface area contributed by atoms with E-state index in [1.165, 1.54) is 11.8 Å². The Kier molecular flexibility index (Phi) is 5.72. The van der Waals surface area contributed by atoms with Gasteiger partial charge in [-0.2, -0.15) is 5.26 Å². The molecule has 0 aromatic heterocycles. The molecule has 24 heavy (non-hydrogen) atoms. The van der Waals surface area contributed by atoms with Crippen molar-refractivity contribution in [2.75, 3.05) is 16.8 Å². The highest BCUT2D eigenvalue weighted by Gasteiger charge is 2.17. The summed E-state index contributed by atoms with van der Waals surface area (Å²) < 4.78 is 0.933. The van der Waals surface area contributed by atoms with Gasteiger partial charge in [0.05, 0.1) is 11.3 Å². The monoisotopic (exact) mass is 385 g/mol. The predicted molar refractivity (Wildman–Crippen MR) is 96.7 cm³/mol. The topological polar surface area (TPSA) is 73.2 Å². The highest BCUT2D eigenvalue weighted by Crippen LogP contribution is 2.23. The summed E-state index contributed by atoms with van der Waals surface area (Å²) in [6.07, 6.45) is 0. The first-order valence-corrected chi connectivity index (χ1v) is 8.05. The van der Waals surface area contributed by atoms with Crippen LogP contribution in [0.2, 0.25) is 0 Å². The van der Waals surface area contributed by atoms with Gasteiger partial charge in [-0.3, -0.25) is 9.59 Å². The first-order valence-electron chi connectivity index (χ1n) is 7.25. The first-order chi connectivity index (χ1) is 11.4. The number of nitrogens with one attached hydrogen (secondary N) is 1. The standard InChI is InChI=1S/C18H16BrN3O2/c1-12-9-15(7-8-16(12)19)22(13(2)23)11-18(24)21-17-6-4-3-5-14(17)10-20/h3-9H,11H2,1-2H3,(H,21,24). The van der Waals surface area contributed by atoms with Gasteiger partial charge in [0.1, 0.15) is 12.6 Å². The molecule has 0 bridgehead atoms. The zero-order valence-corrected chi connectivity index (χ0v) is 14.9. The highest BCUT2D eigenvalue weighted by atomic mass is 79.9. The smallest absolute Gasteiger partial charge is 0.244 e. The molecule has 2 aromatic carbocycles. The number of anilines is 2. The maximum atomic E-state index is 12.3. The van der Waals surface area contributed by atoms with E-state index in [1.807, 2.05) is 25.1 Å². The summed E-state index contributed by atoms with van der Waals surface area (Å²) in [6, 6.07) is 14.2. The average Bonchev–Trinajstić information content (AvgIpc) is 2.55. The second-order valence-corrected chi connectivity index (χ2v) is 6.10. The molecular weight excluding hydrogens is 370 g/mol. The summed E-state index contributed by atoms with van der Waals surface area (Å²) in [5.74, 6) is -0.603. The molecule has 5 nitrogen and oxygen atoms in total. The van der Waals surface area contributed by atoms with Gasteiger partial charge in [-0.25, -0.2) is 0 Å². The lowest BCUT2D eigenvalue weighted by atomic mass is 10.2. The van der Waals surface area contributed by atoms with E-state index >= 15 is 0 Å². The molecule has 0 aliphatic heterocycles. The van der Waals surface area contributed by atoms with E-state index in [0.717, 1.165) is 10.0 Å². The number of para-hydroxylation sites is 1. The van der Waals surface area contributed by atoms with Crippen molar-refractivity contribution in [3.05, 3.63) is 58.1 Å². The van der Waals surface area contributed by atoms with Crippen LogP contribution in [0.5, 0.6) is 0 Å². The number of hydrogen-bond donors (Lipinski definition) is 1. The summed E-state index contributed by atoms with van der Waals surface area (Å²) in [6.45, 7) is 3.19. The number of nitrogens with zero attached hydrogens (tertiary/aromatic N) is 2. The zero-order valence-electron chi connectivity index (χ0n) is 13.3. The fourth-order valence-electron chi connectivity index (χ4n) is 2.20. The molecule has 0 unspecified atom stereocenters. The minimum atomic E-state index is -0.367. The van der Waals surface area contributed by atoms with E-state index in [1.54, 1.807) is 30.3 Å². The molecule has 0 fully saturated rings.